The van der Waals surface area contributed by atoms with Crippen LogP contribution in [0, 0.1) is 0 Å². The lowest BCUT2D eigenvalue weighted by molar-refractivity contribution is 0.670. The van der Waals surface area contributed by atoms with E-state index < -0.39 is 5.41 Å². The van der Waals surface area contributed by atoms with Crippen molar-refractivity contribution in [2.24, 2.45) is 0 Å². The molecule has 0 bridgehead atoms. The first-order valence-electron chi connectivity index (χ1n) is 21.4. The number of para-hydroxylation sites is 2. The first kappa shape index (κ1) is 35.9. The summed E-state index contributed by atoms with van der Waals surface area (Å²) in [6.07, 6.45) is 0. The number of rotatable bonds is 5. The molecule has 63 heavy (non-hydrogen) atoms. The Bertz CT molecular complexity index is 3560. The molecule has 3 nitrogen and oxygen atoms in total. The van der Waals surface area contributed by atoms with Gasteiger partial charge in [-0.05, 0) is 68.3 Å². The molecule has 2 aliphatic rings. The quantitative estimate of drug-likeness (QED) is 0.173. The zero-order valence-corrected chi connectivity index (χ0v) is 34.8. The maximum atomic E-state index is 6.42. The van der Waals surface area contributed by atoms with Crippen LogP contribution in [-0.2, 0) is 5.41 Å². The van der Waals surface area contributed by atoms with Gasteiger partial charge in [-0.25, -0.2) is 9.97 Å². The number of hydrogen-bond acceptors (Lipinski definition) is 4. The molecule has 1 aliphatic carbocycles. The van der Waals surface area contributed by atoms with Crippen molar-refractivity contribution >= 4 is 33.7 Å². The topological polar surface area (TPSA) is 38.9 Å². The molecule has 0 atom stereocenters. The van der Waals surface area contributed by atoms with E-state index in [1.807, 2.05) is 42.1 Å². The van der Waals surface area contributed by atoms with E-state index in [0.717, 1.165) is 66.7 Å². The first-order chi connectivity index (χ1) is 31.2. The molecule has 0 fully saturated rings. The predicted molar refractivity (Wildman–Crippen MR) is 258 cm³/mol. The van der Waals surface area contributed by atoms with Gasteiger partial charge < -0.3 is 4.42 Å². The molecule has 9 aromatic carbocycles. The summed E-state index contributed by atoms with van der Waals surface area (Å²) < 4.78 is 6.42. The second kappa shape index (κ2) is 14.1. The third-order valence-electron chi connectivity index (χ3n) is 13.0. The number of aromatic nitrogens is 2. The highest BCUT2D eigenvalue weighted by molar-refractivity contribution is 7.99. The molecule has 0 radical (unpaired) electrons. The van der Waals surface area contributed by atoms with Gasteiger partial charge in [-0.1, -0.05) is 212 Å². The van der Waals surface area contributed by atoms with E-state index in [-0.39, 0.29) is 0 Å². The van der Waals surface area contributed by atoms with Gasteiger partial charge in [-0.2, -0.15) is 0 Å². The fraction of sp³-hybridized carbons (Fsp3) is 0.0169. The molecule has 0 amide bonds. The molecular formula is C59H36N2OS. The van der Waals surface area contributed by atoms with Crippen LogP contribution in [0.2, 0.25) is 0 Å². The summed E-state index contributed by atoms with van der Waals surface area (Å²) in [6.45, 7) is 0. The van der Waals surface area contributed by atoms with Gasteiger partial charge in [0.15, 0.2) is 5.82 Å². The van der Waals surface area contributed by atoms with E-state index in [9.17, 15) is 0 Å². The summed E-state index contributed by atoms with van der Waals surface area (Å²) in [5.74, 6) is 0.686. The molecule has 1 spiro atoms. The summed E-state index contributed by atoms with van der Waals surface area (Å²) in [4.78, 5) is 13.1. The largest absolute Gasteiger partial charge is 0.455 e. The minimum atomic E-state index is -0.458. The van der Waals surface area contributed by atoms with Crippen LogP contribution < -0.4 is 0 Å². The second-order valence-corrected chi connectivity index (χ2v) is 17.4. The van der Waals surface area contributed by atoms with Gasteiger partial charge >= 0.3 is 0 Å². The second-order valence-electron chi connectivity index (χ2n) is 16.4. The summed E-state index contributed by atoms with van der Waals surface area (Å²) in [5.41, 5.74) is 18.5. The van der Waals surface area contributed by atoms with E-state index in [0.29, 0.717) is 5.82 Å². The maximum absolute atomic E-state index is 6.42. The van der Waals surface area contributed by atoms with Gasteiger partial charge in [0.25, 0.3) is 0 Å². The van der Waals surface area contributed by atoms with E-state index in [1.54, 1.807) is 0 Å². The van der Waals surface area contributed by atoms with Gasteiger partial charge in [0.2, 0.25) is 0 Å². The lowest BCUT2D eigenvalue weighted by atomic mass is 9.67. The van der Waals surface area contributed by atoms with Crippen molar-refractivity contribution in [2.75, 3.05) is 0 Å². The molecule has 4 heteroatoms. The Morgan fingerprint density at radius 2 is 0.921 bits per heavy atom. The third-order valence-corrected chi connectivity index (χ3v) is 14.2. The standard InChI is InChI=1S/C59H36N2OS/c1-2-16-39(17-3-1)58-60-52(38-34-32-37(33-35-38)40-23-14-24-46-45-22-8-12-30-54(45)62-56(40)46)36-53(61-58)44-21-5-4-18-41(44)47-25-15-29-51-57(47)63-55-31-13-11-28-50(55)59(51)48-26-9-6-19-42(48)43-20-7-10-27-49(43)59/h1-36H. The average Bonchev–Trinajstić information content (AvgIpc) is 3.88. The smallest absolute Gasteiger partial charge is 0.160 e. The monoisotopic (exact) mass is 820 g/mol. The van der Waals surface area contributed by atoms with Crippen molar-refractivity contribution in [1.82, 2.24) is 9.97 Å². The van der Waals surface area contributed by atoms with Gasteiger partial charge in [0.05, 0.1) is 16.8 Å². The molecule has 11 aromatic rings. The summed E-state index contributed by atoms with van der Waals surface area (Å²) in [7, 11) is 0. The maximum Gasteiger partial charge on any atom is 0.160 e. The van der Waals surface area contributed by atoms with Crippen LogP contribution in [0.5, 0.6) is 0 Å². The van der Waals surface area contributed by atoms with Gasteiger partial charge in [0, 0.05) is 42.8 Å². The zero-order valence-electron chi connectivity index (χ0n) is 34.0. The first-order valence-corrected chi connectivity index (χ1v) is 22.2. The van der Waals surface area contributed by atoms with Crippen LogP contribution in [0.15, 0.2) is 233 Å². The van der Waals surface area contributed by atoms with Crippen molar-refractivity contribution < 1.29 is 4.42 Å². The number of fused-ring (bicyclic) bond motifs is 12. The predicted octanol–water partition coefficient (Wildman–Crippen LogP) is 15.5. The van der Waals surface area contributed by atoms with Crippen LogP contribution in [0.1, 0.15) is 22.3 Å². The average molecular weight is 821 g/mol. The fourth-order valence-corrected chi connectivity index (χ4v) is 11.6. The Labute approximate surface area is 369 Å². The lowest BCUT2D eigenvalue weighted by Gasteiger charge is -2.40. The summed E-state index contributed by atoms with van der Waals surface area (Å²) >= 11 is 1.88. The number of furan rings is 1. The molecular weight excluding hydrogens is 785 g/mol. The molecule has 3 heterocycles. The SMILES string of the molecule is c1ccc(-c2nc(-c3ccc(-c4cccc5c4oc4ccccc45)cc3)cc(-c3ccccc3-c3cccc4c3Sc3ccccc3C43c4ccccc4-c4ccccc43)n2)cc1. The normalized spacial score (nSPS) is 13.1. The van der Waals surface area contributed by atoms with Gasteiger partial charge in [-0.3, -0.25) is 0 Å². The van der Waals surface area contributed by atoms with Crippen molar-refractivity contribution in [2.45, 2.75) is 15.2 Å². The minimum absolute atomic E-state index is 0.458. The summed E-state index contributed by atoms with van der Waals surface area (Å²) in [5, 5.41) is 2.25. The minimum Gasteiger partial charge on any atom is -0.455 e. The van der Waals surface area contributed by atoms with Crippen molar-refractivity contribution in [3.8, 4) is 67.3 Å². The number of nitrogens with zero attached hydrogens (tertiary/aromatic N) is 2. The Hall–Kier alpha value is -7.79. The molecule has 13 rings (SSSR count). The van der Waals surface area contributed by atoms with Crippen LogP contribution >= 0.6 is 11.8 Å². The van der Waals surface area contributed by atoms with Gasteiger partial charge in [-0.15, -0.1) is 0 Å². The zero-order chi connectivity index (χ0) is 41.5. The fourth-order valence-electron chi connectivity index (χ4n) is 10.3. The Morgan fingerprint density at radius 3 is 1.71 bits per heavy atom. The highest BCUT2D eigenvalue weighted by Gasteiger charge is 2.50. The Kier molecular flexibility index (Phi) is 8.06. The van der Waals surface area contributed by atoms with E-state index >= 15 is 0 Å². The van der Waals surface area contributed by atoms with E-state index in [1.165, 1.54) is 48.7 Å². The van der Waals surface area contributed by atoms with Crippen molar-refractivity contribution in [1.29, 1.82) is 0 Å². The lowest BCUT2D eigenvalue weighted by Crippen LogP contribution is -2.32. The third kappa shape index (κ3) is 5.41. The van der Waals surface area contributed by atoms with E-state index in [4.69, 9.17) is 14.4 Å². The van der Waals surface area contributed by atoms with Crippen LogP contribution in [0.3, 0.4) is 0 Å². The molecule has 0 unspecified atom stereocenters. The number of hydrogen-bond donors (Lipinski definition) is 0. The highest BCUT2D eigenvalue weighted by Crippen LogP contribution is 2.63. The molecule has 0 saturated carbocycles. The molecule has 294 valence electrons. The molecule has 1 aliphatic heterocycles. The van der Waals surface area contributed by atoms with E-state index in [2.05, 4.69) is 188 Å². The van der Waals surface area contributed by atoms with Crippen molar-refractivity contribution in [3.05, 3.63) is 241 Å². The Balaban J connectivity index is 0.979. The van der Waals surface area contributed by atoms with Crippen molar-refractivity contribution in [3.63, 3.8) is 0 Å². The van der Waals surface area contributed by atoms with Crippen LogP contribution in [0.4, 0.5) is 0 Å². The highest BCUT2D eigenvalue weighted by atomic mass is 32.2. The molecule has 2 aromatic heterocycles. The number of benzene rings is 9. The van der Waals surface area contributed by atoms with Crippen LogP contribution in [-0.4, -0.2) is 9.97 Å². The van der Waals surface area contributed by atoms with Crippen LogP contribution in [0.25, 0.3) is 89.2 Å². The summed E-state index contributed by atoms with van der Waals surface area (Å²) in [6, 6.07) is 78.4. The van der Waals surface area contributed by atoms with Gasteiger partial charge in [0.1, 0.15) is 11.2 Å². The Morgan fingerprint density at radius 1 is 0.365 bits per heavy atom. The molecule has 0 saturated heterocycles. The molecule has 0 N–H and O–H groups in total.